The Bertz CT molecular complexity index is 2300. The van der Waals surface area contributed by atoms with E-state index in [0.717, 1.165) is 9.48 Å². The predicted octanol–water partition coefficient (Wildman–Crippen LogP) is -3.90. The molecule has 0 atom stereocenters. The Morgan fingerprint density at radius 3 is 1.98 bits per heavy atom. The normalized spacial score (nSPS) is 12.0. The summed E-state index contributed by atoms with van der Waals surface area (Å²) < 4.78 is 2.31. The van der Waals surface area contributed by atoms with Crippen molar-refractivity contribution in [2.45, 2.75) is 19.8 Å². The lowest BCUT2D eigenvalue weighted by Crippen LogP contribution is -2.12. The Kier molecular flexibility index (Phi) is 7.86. The van der Waals surface area contributed by atoms with Crippen molar-refractivity contribution in [2.24, 2.45) is 15.3 Å². The third-order valence-corrected chi connectivity index (χ3v) is 6.32. The second-order valence-electron chi connectivity index (χ2n) is 9.69. The first-order valence-corrected chi connectivity index (χ1v) is 14.0. The Hall–Kier alpha value is -7.82. The quantitative estimate of drug-likeness (QED) is 0.0575. The third-order valence-electron chi connectivity index (χ3n) is 6.32. The van der Waals surface area contributed by atoms with Crippen LogP contribution in [0.15, 0.2) is 15.3 Å². The van der Waals surface area contributed by atoms with Gasteiger partial charge in [0.05, 0.1) is 25.6 Å². The number of aliphatic imine (C=N–C) groups is 1. The van der Waals surface area contributed by atoms with E-state index >= 15 is 0 Å². The predicted molar refractivity (Wildman–Crippen MR) is 161 cm³/mol. The van der Waals surface area contributed by atoms with Gasteiger partial charge in [0.1, 0.15) is 11.6 Å². The molecular formula is C20H22N30. The van der Waals surface area contributed by atoms with Crippen molar-refractivity contribution in [3.05, 3.63) is 29.1 Å². The topological polar surface area (TPSA) is 384 Å². The molecular weight excluding hydrogens is 660 g/mol. The molecule has 7 aromatic rings. The fraction of sp³-hybridized carbons (Fsp3) is 0.300. The van der Waals surface area contributed by atoms with Crippen LogP contribution in [-0.2, 0) is 12.8 Å². The van der Waals surface area contributed by atoms with Gasteiger partial charge >= 0.3 is 0 Å². The van der Waals surface area contributed by atoms with E-state index in [0.29, 0.717) is 29.1 Å². The summed E-state index contributed by atoms with van der Waals surface area (Å²) in [5, 5.41) is 75.6. The van der Waals surface area contributed by atoms with E-state index in [9.17, 15) is 0 Å². The molecule has 0 aliphatic carbocycles. The van der Waals surface area contributed by atoms with E-state index < -0.39 is 0 Å². The SMILES string of the molecule is CN=NN(C)c1n[nH]c(Cc2nnc(-n3nc(-n4nnc(-c5n[nH]c(Cc6nnc(-n7nc(C(C)=NC)nc7N)nn6)n5)n4)nc3N)nn2)n1. The summed E-state index contributed by atoms with van der Waals surface area (Å²) in [5.74, 6) is 2.04. The number of H-pyrrole nitrogens is 2. The summed E-state index contributed by atoms with van der Waals surface area (Å²) in [5.41, 5.74) is 12.6. The van der Waals surface area contributed by atoms with Crippen LogP contribution >= 0.6 is 0 Å². The smallest absolute Gasteiger partial charge is 0.292 e. The number of rotatable bonds is 11. The van der Waals surface area contributed by atoms with Crippen molar-refractivity contribution in [1.29, 1.82) is 0 Å². The number of anilines is 3. The molecule has 0 spiro atoms. The van der Waals surface area contributed by atoms with Crippen LogP contribution in [0.1, 0.15) is 36.0 Å². The number of aromatic amines is 2. The van der Waals surface area contributed by atoms with Gasteiger partial charge in [0.25, 0.3) is 23.8 Å². The first-order valence-electron chi connectivity index (χ1n) is 14.0. The van der Waals surface area contributed by atoms with Gasteiger partial charge in [-0.1, -0.05) is 10.0 Å². The standard InChI is InChI=1S/C20H22N30/c1-7(23-2)12-27-15(21)48(42-12)19-38-31-10(32-39-19)5-8-25-13(35-29-8)14-36-46-50(43-14)18-28-16(22)49(44-18)20-40-33-11(34-41-20)6-9-26-17(37-30-9)47(4)45-24-3/h5-6H2,1-4H3,(H2,21,27,42)(H2,22,28,44)(H,25,29,35)(H,26,30,37). The van der Waals surface area contributed by atoms with E-state index in [1.165, 1.54) is 16.7 Å². The Morgan fingerprint density at radius 2 is 1.32 bits per heavy atom. The highest BCUT2D eigenvalue weighted by molar-refractivity contribution is 5.95. The van der Waals surface area contributed by atoms with Crippen LogP contribution in [0.5, 0.6) is 0 Å². The van der Waals surface area contributed by atoms with E-state index in [1.807, 2.05) is 0 Å². The number of nitrogens with one attached hydrogen (secondary N) is 2. The minimum atomic E-state index is -0.0894. The minimum Gasteiger partial charge on any atom is -0.368 e. The molecule has 0 amide bonds. The molecule has 50 heavy (non-hydrogen) atoms. The first kappa shape index (κ1) is 30.8. The molecule has 0 aromatic carbocycles. The molecule has 0 radical (unpaired) electrons. The van der Waals surface area contributed by atoms with Gasteiger partial charge in [-0.15, -0.1) is 71.4 Å². The van der Waals surface area contributed by atoms with Gasteiger partial charge in [-0.05, 0) is 12.1 Å². The van der Waals surface area contributed by atoms with Crippen LogP contribution in [0.2, 0.25) is 0 Å². The molecule has 0 saturated heterocycles. The molecule has 7 rings (SSSR count). The molecule has 0 aliphatic rings. The molecule has 0 saturated carbocycles. The Labute approximate surface area is 276 Å². The average molecular weight is 683 g/mol. The van der Waals surface area contributed by atoms with Crippen LogP contribution in [0, 0.1) is 0 Å². The maximum Gasteiger partial charge on any atom is 0.292 e. The molecule has 0 fully saturated rings. The summed E-state index contributed by atoms with van der Waals surface area (Å²) in [6, 6.07) is 0. The van der Waals surface area contributed by atoms with Gasteiger partial charge in [-0.3, -0.25) is 15.2 Å². The van der Waals surface area contributed by atoms with Gasteiger partial charge in [0.15, 0.2) is 17.5 Å². The highest BCUT2D eigenvalue weighted by atomic mass is 15.6. The first-order chi connectivity index (χ1) is 24.3. The van der Waals surface area contributed by atoms with E-state index in [1.54, 1.807) is 21.0 Å². The summed E-state index contributed by atoms with van der Waals surface area (Å²) in [6.45, 7) is 1.75. The molecule has 7 aromatic heterocycles. The number of tetrazole rings is 1. The summed E-state index contributed by atoms with van der Waals surface area (Å²) in [6.07, 6.45) is 0.271. The van der Waals surface area contributed by atoms with Gasteiger partial charge in [0, 0.05) is 14.1 Å². The van der Waals surface area contributed by atoms with Gasteiger partial charge in [-0.25, -0.2) is 9.99 Å². The van der Waals surface area contributed by atoms with Gasteiger partial charge < -0.3 is 11.5 Å². The minimum absolute atomic E-state index is 0.0303. The number of nitrogens with zero attached hydrogens (tertiary/aromatic N) is 26. The van der Waals surface area contributed by atoms with Crippen LogP contribution < -0.4 is 16.5 Å². The second-order valence-corrected chi connectivity index (χ2v) is 9.69. The number of hydrogen-bond acceptors (Lipinski definition) is 24. The van der Waals surface area contributed by atoms with Crippen molar-refractivity contribution in [3.63, 3.8) is 0 Å². The van der Waals surface area contributed by atoms with Crippen LogP contribution in [0.4, 0.5) is 17.8 Å². The Morgan fingerprint density at radius 1 is 0.700 bits per heavy atom. The lowest BCUT2D eigenvalue weighted by atomic mass is 10.4. The molecule has 0 aliphatic heterocycles. The number of nitrogens with two attached hydrogens (primary N) is 2. The number of aromatic nitrogens is 24. The van der Waals surface area contributed by atoms with Crippen molar-refractivity contribution >= 4 is 23.6 Å². The van der Waals surface area contributed by atoms with Crippen LogP contribution in [0.25, 0.3) is 29.5 Å². The molecule has 7 heterocycles. The van der Waals surface area contributed by atoms with Crippen molar-refractivity contribution < 1.29 is 0 Å². The fourth-order valence-electron chi connectivity index (χ4n) is 3.92. The lowest BCUT2D eigenvalue weighted by molar-refractivity contribution is 0.655. The van der Waals surface area contributed by atoms with E-state index in [-0.39, 0.29) is 65.9 Å². The zero-order chi connectivity index (χ0) is 34.8. The molecule has 0 unspecified atom stereocenters. The number of nitrogen functional groups attached to an aromatic ring is 2. The third kappa shape index (κ3) is 6.15. The molecule has 30 heteroatoms. The molecule has 0 bridgehead atoms. The van der Waals surface area contributed by atoms with Crippen molar-refractivity contribution in [3.8, 4) is 29.5 Å². The maximum atomic E-state index is 6.04. The average Bonchev–Trinajstić information content (AvgIpc) is 3.97. The number of hydrogen-bond donors (Lipinski definition) is 4. The van der Waals surface area contributed by atoms with Gasteiger partial charge in [-0.2, -0.15) is 29.4 Å². The largest absolute Gasteiger partial charge is 0.368 e. The van der Waals surface area contributed by atoms with Crippen LogP contribution in [-0.4, -0.2) is 148 Å². The lowest BCUT2D eigenvalue weighted by Gasteiger charge is -2.03. The summed E-state index contributed by atoms with van der Waals surface area (Å²) >= 11 is 0. The van der Waals surface area contributed by atoms with Gasteiger partial charge in [0.2, 0.25) is 23.5 Å². The molecule has 30 nitrogen and oxygen atoms in total. The van der Waals surface area contributed by atoms with Crippen molar-refractivity contribution in [2.75, 3.05) is 37.6 Å². The highest BCUT2D eigenvalue weighted by Crippen LogP contribution is 2.13. The van der Waals surface area contributed by atoms with Crippen LogP contribution in [0.3, 0.4) is 0 Å². The van der Waals surface area contributed by atoms with Crippen molar-refractivity contribution in [1.82, 2.24) is 121 Å². The van der Waals surface area contributed by atoms with E-state index in [2.05, 4.69) is 122 Å². The molecule has 252 valence electrons. The maximum absolute atomic E-state index is 6.04. The zero-order valence-electron chi connectivity index (χ0n) is 26.2. The summed E-state index contributed by atoms with van der Waals surface area (Å²) in [7, 11) is 4.80. The highest BCUT2D eigenvalue weighted by Gasteiger charge is 2.20. The second kappa shape index (κ2) is 12.8. The zero-order valence-corrected chi connectivity index (χ0v) is 26.2. The van der Waals surface area contributed by atoms with E-state index in [4.69, 9.17) is 11.5 Å². The fourth-order valence-corrected chi connectivity index (χ4v) is 3.92. The summed E-state index contributed by atoms with van der Waals surface area (Å²) in [4.78, 5) is 22.0. The Balaban J connectivity index is 1.00. The molecule has 6 N–H and O–H groups in total. The monoisotopic (exact) mass is 682 g/mol.